The van der Waals surface area contributed by atoms with Crippen molar-refractivity contribution in [2.45, 2.75) is 51.4 Å². The van der Waals surface area contributed by atoms with Gasteiger partial charge in [-0.3, -0.25) is 0 Å². The van der Waals surface area contributed by atoms with Crippen LogP contribution >= 0.6 is 11.3 Å². The van der Waals surface area contributed by atoms with Crippen molar-refractivity contribution in [1.29, 1.82) is 0 Å². The minimum absolute atomic E-state index is 0.0295. The van der Waals surface area contributed by atoms with E-state index in [1.54, 1.807) is 24.3 Å². The van der Waals surface area contributed by atoms with Gasteiger partial charge < -0.3 is 18.7 Å². The number of hydrogen-bond donors (Lipinski definition) is 1. The molecular formula is C25H28FN5O4S2. The second-order valence-electron chi connectivity index (χ2n) is 9.52. The van der Waals surface area contributed by atoms with Crippen molar-refractivity contribution in [3.8, 4) is 16.5 Å². The predicted octanol–water partition coefficient (Wildman–Crippen LogP) is 5.41. The first-order chi connectivity index (χ1) is 17.8. The number of anilines is 1. The molecule has 0 aliphatic carbocycles. The van der Waals surface area contributed by atoms with Crippen LogP contribution in [0.2, 0.25) is 0 Å². The summed E-state index contributed by atoms with van der Waals surface area (Å²) in [4.78, 5) is 16.4. The Morgan fingerprint density at radius 1 is 1.19 bits per heavy atom. The number of rotatable bonds is 8. The lowest BCUT2D eigenvalue weighted by molar-refractivity contribution is 0.131. The fraction of sp³-hybridized carbons (Fsp3) is 0.440. The van der Waals surface area contributed by atoms with Gasteiger partial charge in [-0.1, -0.05) is 36.4 Å². The second-order valence-corrected chi connectivity index (χ2v) is 11.4. The van der Waals surface area contributed by atoms with Crippen molar-refractivity contribution in [1.82, 2.24) is 20.1 Å². The molecule has 0 amide bonds. The summed E-state index contributed by atoms with van der Waals surface area (Å²) in [5.41, 5.74) is 1.94. The fourth-order valence-electron chi connectivity index (χ4n) is 4.40. The number of aromatic nitrogens is 4. The lowest BCUT2D eigenvalue weighted by atomic mass is 9.92. The maximum absolute atomic E-state index is 14.7. The monoisotopic (exact) mass is 545 g/mol. The highest BCUT2D eigenvalue weighted by atomic mass is 32.2. The SMILES string of the molecule is CC(C)c1noc(N2CCC(C(C)Oc3nc4ccc(-c5ccc(CS(=O)O)cc5F)nc4s3)CC2)n1. The Bertz CT molecular complexity index is 1420. The molecule has 0 radical (unpaired) electrons. The van der Waals surface area contributed by atoms with Gasteiger partial charge in [0.2, 0.25) is 0 Å². The largest absolute Gasteiger partial charge is 0.467 e. The first-order valence-corrected chi connectivity index (χ1v) is 14.2. The molecule has 1 saturated heterocycles. The Morgan fingerprint density at radius 3 is 2.65 bits per heavy atom. The van der Waals surface area contributed by atoms with Crippen LogP contribution in [0.1, 0.15) is 50.9 Å². The molecule has 0 saturated carbocycles. The molecule has 2 unspecified atom stereocenters. The van der Waals surface area contributed by atoms with Crippen molar-refractivity contribution in [3.63, 3.8) is 0 Å². The quantitative estimate of drug-likeness (QED) is 0.290. The number of pyridine rings is 1. The molecule has 12 heteroatoms. The zero-order valence-corrected chi connectivity index (χ0v) is 22.4. The fourth-order valence-corrected chi connectivity index (χ4v) is 5.74. The van der Waals surface area contributed by atoms with Crippen molar-refractivity contribution in [2.24, 2.45) is 5.92 Å². The van der Waals surface area contributed by atoms with Crippen LogP contribution in [0.25, 0.3) is 21.6 Å². The number of fused-ring (bicyclic) bond motifs is 1. The third-order valence-corrected chi connectivity index (χ3v) is 7.98. The highest BCUT2D eigenvalue weighted by Crippen LogP contribution is 2.33. The molecule has 9 nitrogen and oxygen atoms in total. The molecule has 2 atom stereocenters. The van der Waals surface area contributed by atoms with Gasteiger partial charge in [-0.05, 0) is 55.5 Å². The molecule has 1 aliphatic heterocycles. The molecule has 1 N–H and O–H groups in total. The van der Waals surface area contributed by atoms with E-state index in [9.17, 15) is 8.60 Å². The topological polar surface area (TPSA) is 114 Å². The van der Waals surface area contributed by atoms with E-state index in [1.165, 1.54) is 17.4 Å². The summed E-state index contributed by atoms with van der Waals surface area (Å²) < 4.78 is 46.3. The third-order valence-electron chi connectivity index (χ3n) is 6.54. The summed E-state index contributed by atoms with van der Waals surface area (Å²) in [6, 6.07) is 8.58. The lowest BCUT2D eigenvalue weighted by Gasteiger charge is -2.33. The van der Waals surface area contributed by atoms with Gasteiger partial charge in [-0.15, -0.1) is 0 Å². The Hall–Kier alpha value is -2.96. The summed E-state index contributed by atoms with van der Waals surface area (Å²) >= 11 is -0.690. The number of nitrogens with zero attached hydrogens (tertiary/aromatic N) is 5. The molecule has 1 aliphatic rings. The maximum atomic E-state index is 14.7. The summed E-state index contributed by atoms with van der Waals surface area (Å²) in [7, 11) is 0. The van der Waals surface area contributed by atoms with E-state index in [2.05, 4.69) is 31.9 Å². The lowest BCUT2D eigenvalue weighted by Crippen LogP contribution is -2.38. The molecule has 1 fully saturated rings. The summed E-state index contributed by atoms with van der Waals surface area (Å²) in [6.45, 7) is 7.78. The molecule has 0 bridgehead atoms. The molecule has 4 heterocycles. The zero-order valence-electron chi connectivity index (χ0n) is 20.8. The summed E-state index contributed by atoms with van der Waals surface area (Å²) in [5.74, 6) is 0.705. The van der Waals surface area contributed by atoms with Crippen LogP contribution in [0.4, 0.5) is 10.4 Å². The van der Waals surface area contributed by atoms with Crippen LogP contribution in [0.15, 0.2) is 34.9 Å². The normalized spacial score (nSPS) is 16.4. The van der Waals surface area contributed by atoms with Gasteiger partial charge in [0.15, 0.2) is 16.9 Å². The van der Waals surface area contributed by atoms with E-state index >= 15 is 0 Å². The van der Waals surface area contributed by atoms with Crippen molar-refractivity contribution in [3.05, 3.63) is 47.5 Å². The van der Waals surface area contributed by atoms with Gasteiger partial charge in [-0.25, -0.2) is 18.6 Å². The first-order valence-electron chi connectivity index (χ1n) is 12.2. The number of halogens is 1. The second kappa shape index (κ2) is 10.8. The Labute approximate surface area is 220 Å². The van der Waals surface area contributed by atoms with Gasteiger partial charge in [0, 0.05) is 24.6 Å². The molecular weight excluding hydrogens is 517 g/mol. The Morgan fingerprint density at radius 2 is 1.97 bits per heavy atom. The molecule has 4 aromatic rings. The standard InChI is InChI=1S/C25H28FN5O4S2/c1-14(2)22-29-24(35-30-22)31-10-8-17(9-11-31)15(3)34-25-28-21-7-6-20(27-23(21)36-25)18-5-4-16(12-19(18)26)13-37(32)33/h4-7,12,14-15,17H,8-11,13H2,1-3H3,(H,32,33). The van der Waals surface area contributed by atoms with E-state index in [1.807, 2.05) is 13.8 Å². The van der Waals surface area contributed by atoms with E-state index in [4.69, 9.17) is 13.8 Å². The molecule has 5 rings (SSSR count). The Kier molecular flexibility index (Phi) is 7.50. The van der Waals surface area contributed by atoms with Gasteiger partial charge in [0.05, 0.1) is 11.4 Å². The van der Waals surface area contributed by atoms with E-state index in [0.717, 1.165) is 31.8 Å². The smallest absolute Gasteiger partial charge is 0.324 e. The molecule has 196 valence electrons. The number of benzene rings is 1. The highest BCUT2D eigenvalue weighted by Gasteiger charge is 2.28. The highest BCUT2D eigenvalue weighted by molar-refractivity contribution is 7.78. The zero-order chi connectivity index (χ0) is 26.1. The predicted molar refractivity (Wildman–Crippen MR) is 141 cm³/mol. The summed E-state index contributed by atoms with van der Waals surface area (Å²) in [6.07, 6.45) is 1.85. The number of hydrogen-bond acceptors (Lipinski definition) is 9. The molecule has 37 heavy (non-hydrogen) atoms. The van der Waals surface area contributed by atoms with Crippen molar-refractivity contribution < 1.29 is 22.4 Å². The molecule has 0 spiro atoms. The van der Waals surface area contributed by atoms with Gasteiger partial charge in [0.25, 0.3) is 5.19 Å². The van der Waals surface area contributed by atoms with E-state index < -0.39 is 16.9 Å². The third kappa shape index (κ3) is 5.81. The van der Waals surface area contributed by atoms with Gasteiger partial charge in [0.1, 0.15) is 22.3 Å². The summed E-state index contributed by atoms with van der Waals surface area (Å²) in [5, 5.41) is 4.60. The number of ether oxygens (including phenoxy) is 1. The minimum atomic E-state index is -2.03. The van der Waals surface area contributed by atoms with Crippen LogP contribution in [-0.4, -0.2) is 48.1 Å². The number of thiazole rings is 1. The van der Waals surface area contributed by atoms with E-state index in [0.29, 0.717) is 44.3 Å². The minimum Gasteiger partial charge on any atom is -0.467 e. The van der Waals surface area contributed by atoms with Gasteiger partial charge in [-0.2, -0.15) is 4.98 Å². The average Bonchev–Trinajstić information content (AvgIpc) is 3.51. The number of piperidine rings is 1. The van der Waals surface area contributed by atoms with Crippen molar-refractivity contribution in [2.75, 3.05) is 18.0 Å². The maximum Gasteiger partial charge on any atom is 0.324 e. The van der Waals surface area contributed by atoms with Crippen LogP contribution in [-0.2, 0) is 16.8 Å². The van der Waals surface area contributed by atoms with Crippen LogP contribution in [0, 0.1) is 11.7 Å². The average molecular weight is 546 g/mol. The first kappa shape index (κ1) is 25.7. The van der Waals surface area contributed by atoms with Crippen molar-refractivity contribution >= 4 is 38.8 Å². The molecule has 3 aromatic heterocycles. The van der Waals surface area contributed by atoms with E-state index in [-0.39, 0.29) is 17.8 Å². The molecule has 1 aromatic carbocycles. The van der Waals surface area contributed by atoms with Gasteiger partial charge >= 0.3 is 6.01 Å². The van der Waals surface area contributed by atoms with Crippen LogP contribution in [0.5, 0.6) is 5.19 Å². The van der Waals surface area contributed by atoms with Crippen LogP contribution < -0.4 is 9.64 Å². The Balaban J connectivity index is 1.23. The van der Waals surface area contributed by atoms with Crippen LogP contribution in [0.3, 0.4) is 0 Å².